The third-order valence-corrected chi connectivity index (χ3v) is 3.58. The molecule has 98 valence electrons. The lowest BCUT2D eigenvalue weighted by Gasteiger charge is -2.09. The van der Waals surface area contributed by atoms with Gasteiger partial charge in [-0.25, -0.2) is 13.1 Å². The number of rotatable bonds is 9. The van der Waals surface area contributed by atoms with Crippen LogP contribution in [-0.2, 0) is 14.8 Å². The van der Waals surface area contributed by atoms with Gasteiger partial charge >= 0.3 is 0 Å². The second kappa shape index (κ2) is 8.03. The Morgan fingerprint density at radius 2 is 1.69 bits per heavy atom. The summed E-state index contributed by atoms with van der Waals surface area (Å²) in [5.41, 5.74) is 0. The highest BCUT2D eigenvalue weighted by Gasteiger charge is 2.10. The van der Waals surface area contributed by atoms with Crippen LogP contribution in [0.5, 0.6) is 0 Å². The van der Waals surface area contributed by atoms with E-state index in [1.807, 2.05) is 27.7 Å². The summed E-state index contributed by atoms with van der Waals surface area (Å²) in [6.45, 7) is 8.37. The second-order valence-electron chi connectivity index (χ2n) is 4.57. The number of hydrogen-bond acceptors (Lipinski definition) is 3. The monoisotopic (exact) mass is 251 g/mol. The third kappa shape index (κ3) is 10.4. The molecule has 16 heavy (non-hydrogen) atoms. The molecule has 0 aliphatic rings. The summed E-state index contributed by atoms with van der Waals surface area (Å²) in [5.74, 6) is 0.215. The van der Waals surface area contributed by atoms with Crippen molar-refractivity contribution in [3.63, 3.8) is 0 Å². The van der Waals surface area contributed by atoms with E-state index in [-0.39, 0.29) is 17.9 Å². The summed E-state index contributed by atoms with van der Waals surface area (Å²) in [4.78, 5) is 0. The van der Waals surface area contributed by atoms with Crippen molar-refractivity contribution in [1.82, 2.24) is 4.72 Å². The van der Waals surface area contributed by atoms with Crippen molar-refractivity contribution in [2.24, 2.45) is 0 Å². The smallest absolute Gasteiger partial charge is 0.211 e. The first kappa shape index (κ1) is 15.9. The Balaban J connectivity index is 3.51. The molecule has 0 amide bonds. The summed E-state index contributed by atoms with van der Waals surface area (Å²) in [7, 11) is -3.08. The number of nitrogens with one attached hydrogen (secondary N) is 1. The quantitative estimate of drug-likeness (QED) is 0.637. The highest BCUT2D eigenvalue weighted by Crippen LogP contribution is 2.01. The molecule has 0 aromatic rings. The number of unbranched alkanes of at least 4 members (excludes halogenated alkanes) is 2. The molecule has 0 rings (SSSR count). The predicted octanol–water partition coefficient (Wildman–Crippen LogP) is 1.91. The molecular formula is C11H25NO3S. The molecule has 0 saturated carbocycles. The fourth-order valence-corrected chi connectivity index (χ4v) is 2.73. The molecule has 0 aromatic carbocycles. The van der Waals surface area contributed by atoms with E-state index in [2.05, 4.69) is 4.72 Å². The van der Waals surface area contributed by atoms with Crippen LogP contribution in [0.3, 0.4) is 0 Å². The van der Waals surface area contributed by atoms with Crippen LogP contribution in [0.15, 0.2) is 0 Å². The molecule has 0 fully saturated rings. The van der Waals surface area contributed by atoms with Gasteiger partial charge in [0.15, 0.2) is 0 Å². The first-order valence-corrected chi connectivity index (χ1v) is 7.60. The lowest BCUT2D eigenvalue weighted by Crippen LogP contribution is -2.32. The van der Waals surface area contributed by atoms with E-state index < -0.39 is 10.0 Å². The number of hydrogen-bond donors (Lipinski definition) is 1. The largest absolute Gasteiger partial charge is 0.379 e. The van der Waals surface area contributed by atoms with Crippen LogP contribution < -0.4 is 4.72 Å². The minimum atomic E-state index is -3.08. The van der Waals surface area contributed by atoms with E-state index in [0.29, 0.717) is 6.42 Å². The fourth-order valence-electron chi connectivity index (χ4n) is 1.31. The first-order valence-electron chi connectivity index (χ1n) is 5.95. The molecule has 0 aliphatic heterocycles. The normalized spacial score (nSPS) is 12.6. The zero-order valence-electron chi connectivity index (χ0n) is 10.8. The molecule has 1 N–H and O–H groups in total. The molecule has 0 heterocycles. The summed E-state index contributed by atoms with van der Waals surface area (Å²) < 4.78 is 30.8. The van der Waals surface area contributed by atoms with E-state index in [9.17, 15) is 8.42 Å². The van der Waals surface area contributed by atoms with Crippen molar-refractivity contribution < 1.29 is 13.2 Å². The summed E-state index contributed by atoms with van der Waals surface area (Å²) in [5, 5.41) is 0. The molecule has 5 heteroatoms. The lowest BCUT2D eigenvalue weighted by atomic mass is 10.3. The Morgan fingerprint density at radius 1 is 1.06 bits per heavy atom. The van der Waals surface area contributed by atoms with Gasteiger partial charge in [-0.15, -0.1) is 0 Å². The maximum atomic E-state index is 11.4. The van der Waals surface area contributed by atoms with Gasteiger partial charge in [0.25, 0.3) is 0 Å². The minimum absolute atomic E-state index is 0.0192. The van der Waals surface area contributed by atoms with E-state index in [1.165, 1.54) is 0 Å². The highest BCUT2D eigenvalue weighted by molar-refractivity contribution is 7.89. The van der Waals surface area contributed by atoms with Crippen molar-refractivity contribution in [3.8, 4) is 0 Å². The van der Waals surface area contributed by atoms with Crippen molar-refractivity contribution >= 4 is 10.0 Å². The molecule has 0 unspecified atom stereocenters. The van der Waals surface area contributed by atoms with Crippen LogP contribution in [0.1, 0.15) is 47.0 Å². The van der Waals surface area contributed by atoms with Crippen LogP contribution >= 0.6 is 0 Å². The van der Waals surface area contributed by atoms with Gasteiger partial charge in [0.05, 0.1) is 11.9 Å². The van der Waals surface area contributed by atoms with Crippen molar-refractivity contribution in [2.45, 2.75) is 59.1 Å². The van der Waals surface area contributed by atoms with Gasteiger partial charge in [-0.3, -0.25) is 0 Å². The number of sulfonamides is 1. The zero-order valence-corrected chi connectivity index (χ0v) is 11.6. The highest BCUT2D eigenvalue weighted by atomic mass is 32.2. The van der Waals surface area contributed by atoms with Gasteiger partial charge in [0.2, 0.25) is 10.0 Å². The van der Waals surface area contributed by atoms with Crippen LogP contribution in [0.4, 0.5) is 0 Å². The summed E-state index contributed by atoms with van der Waals surface area (Å²) >= 11 is 0. The molecule has 0 spiro atoms. The second-order valence-corrected chi connectivity index (χ2v) is 6.45. The van der Waals surface area contributed by atoms with Crippen LogP contribution in [0, 0.1) is 0 Å². The Morgan fingerprint density at radius 3 is 2.19 bits per heavy atom. The predicted molar refractivity (Wildman–Crippen MR) is 67.0 cm³/mol. The van der Waals surface area contributed by atoms with Crippen molar-refractivity contribution in [1.29, 1.82) is 0 Å². The van der Waals surface area contributed by atoms with Crippen LogP contribution in [0.25, 0.3) is 0 Å². The summed E-state index contributed by atoms with van der Waals surface area (Å²) in [6.07, 6.45) is 2.77. The molecule has 0 atom stereocenters. The van der Waals surface area contributed by atoms with Crippen LogP contribution in [0.2, 0.25) is 0 Å². The van der Waals surface area contributed by atoms with Crippen LogP contribution in [-0.4, -0.2) is 32.9 Å². The van der Waals surface area contributed by atoms with E-state index in [4.69, 9.17) is 4.74 Å². The molecule has 0 radical (unpaired) electrons. The Hall–Kier alpha value is -0.130. The summed E-state index contributed by atoms with van der Waals surface area (Å²) in [6, 6.07) is -0.0192. The lowest BCUT2D eigenvalue weighted by molar-refractivity contribution is 0.0759. The van der Waals surface area contributed by atoms with Crippen molar-refractivity contribution in [3.05, 3.63) is 0 Å². The molecule has 0 aliphatic carbocycles. The average Bonchev–Trinajstić information content (AvgIpc) is 2.08. The molecule has 4 nitrogen and oxygen atoms in total. The molecular weight excluding hydrogens is 226 g/mol. The standard InChI is InChI=1S/C11H25NO3S/c1-10(2)12-16(13,14)9-7-5-6-8-15-11(3)4/h10-12H,5-9H2,1-4H3. The van der Waals surface area contributed by atoms with Gasteiger partial charge in [0, 0.05) is 12.6 Å². The third-order valence-electron chi connectivity index (χ3n) is 1.92. The zero-order chi connectivity index (χ0) is 12.6. The SMILES string of the molecule is CC(C)NS(=O)(=O)CCCCCOC(C)C. The molecule has 0 saturated heterocycles. The van der Waals surface area contributed by atoms with E-state index in [0.717, 1.165) is 19.4 Å². The van der Waals surface area contributed by atoms with Crippen molar-refractivity contribution in [2.75, 3.05) is 12.4 Å². The maximum Gasteiger partial charge on any atom is 0.211 e. The fraction of sp³-hybridized carbons (Fsp3) is 1.00. The van der Waals surface area contributed by atoms with Gasteiger partial charge in [-0.05, 0) is 40.5 Å². The van der Waals surface area contributed by atoms with Gasteiger partial charge < -0.3 is 4.74 Å². The number of ether oxygens (including phenoxy) is 1. The van der Waals surface area contributed by atoms with E-state index >= 15 is 0 Å². The molecule has 0 bridgehead atoms. The Kier molecular flexibility index (Phi) is 7.97. The topological polar surface area (TPSA) is 55.4 Å². The molecule has 0 aromatic heterocycles. The Bertz CT molecular complexity index is 260. The first-order chi connectivity index (χ1) is 7.33. The minimum Gasteiger partial charge on any atom is -0.379 e. The van der Waals surface area contributed by atoms with Gasteiger partial charge in [-0.1, -0.05) is 6.42 Å². The Labute approximate surface area is 99.8 Å². The maximum absolute atomic E-state index is 11.4. The van der Waals surface area contributed by atoms with Gasteiger partial charge in [-0.2, -0.15) is 0 Å². The average molecular weight is 251 g/mol. The van der Waals surface area contributed by atoms with Gasteiger partial charge in [0.1, 0.15) is 0 Å². The van der Waals surface area contributed by atoms with E-state index in [1.54, 1.807) is 0 Å².